The van der Waals surface area contributed by atoms with E-state index in [-0.39, 0.29) is 41.8 Å². The van der Waals surface area contributed by atoms with Gasteiger partial charge in [0.15, 0.2) is 0 Å². The van der Waals surface area contributed by atoms with Crippen LogP contribution in [-0.2, 0) is 9.59 Å². The fourth-order valence-corrected chi connectivity index (χ4v) is 6.04. The molecule has 5 atom stereocenters. The number of benzene rings is 1. The van der Waals surface area contributed by atoms with Crippen LogP contribution in [0.5, 0.6) is 0 Å². The average Bonchev–Trinajstić information content (AvgIpc) is 3.45. The molecule has 7 nitrogen and oxygen atoms in total. The number of amides is 2. The van der Waals surface area contributed by atoms with E-state index in [1.165, 1.54) is 18.6 Å². The Balaban J connectivity index is 1.28. The highest BCUT2D eigenvalue weighted by molar-refractivity contribution is 5.87. The lowest BCUT2D eigenvalue weighted by Crippen LogP contribution is -2.57. The smallest absolute Gasteiger partial charge is 0.241 e. The molecule has 1 saturated carbocycles. The minimum absolute atomic E-state index is 0.00899. The number of rotatable bonds is 6. The Morgan fingerprint density at radius 1 is 1.22 bits per heavy atom. The largest absolute Gasteiger partial charge is 0.330 e. The molecule has 1 aliphatic carbocycles. The van der Waals surface area contributed by atoms with Crippen molar-refractivity contribution in [3.05, 3.63) is 35.6 Å². The maximum absolute atomic E-state index is 13.5. The SMILES string of the molecule is N#C[C@@H]1CCCN1C(=O)[C@@H](N)CN1C[C@H]2C[C@@H]1C(=O)N2[C@H](c1ccc(F)cc1)C1CCC1. The van der Waals surface area contributed by atoms with E-state index >= 15 is 0 Å². The van der Waals surface area contributed by atoms with Crippen molar-refractivity contribution in [2.45, 2.75) is 68.7 Å². The summed E-state index contributed by atoms with van der Waals surface area (Å²) in [6, 6.07) is 7.46. The molecule has 2 N–H and O–H groups in total. The summed E-state index contributed by atoms with van der Waals surface area (Å²) in [7, 11) is 0. The molecule has 170 valence electrons. The topological polar surface area (TPSA) is 93.7 Å². The maximum Gasteiger partial charge on any atom is 0.241 e. The van der Waals surface area contributed by atoms with Crippen molar-refractivity contribution in [1.82, 2.24) is 14.7 Å². The van der Waals surface area contributed by atoms with Crippen LogP contribution in [0.3, 0.4) is 0 Å². The zero-order valence-corrected chi connectivity index (χ0v) is 18.2. The number of hydrogen-bond acceptors (Lipinski definition) is 5. The Morgan fingerprint density at radius 2 is 1.97 bits per heavy atom. The lowest BCUT2D eigenvalue weighted by atomic mass is 9.76. The molecule has 3 heterocycles. The summed E-state index contributed by atoms with van der Waals surface area (Å²) < 4.78 is 13.5. The van der Waals surface area contributed by atoms with E-state index in [2.05, 4.69) is 6.07 Å². The van der Waals surface area contributed by atoms with Gasteiger partial charge in [-0.2, -0.15) is 5.26 Å². The van der Waals surface area contributed by atoms with Crippen LogP contribution >= 0.6 is 0 Å². The fourth-order valence-electron chi connectivity index (χ4n) is 6.04. The summed E-state index contributed by atoms with van der Waals surface area (Å²) in [6.45, 7) is 1.60. The van der Waals surface area contributed by atoms with Crippen molar-refractivity contribution in [1.29, 1.82) is 5.26 Å². The Hall–Kier alpha value is -2.50. The number of nitrogens with zero attached hydrogens (tertiary/aromatic N) is 4. The van der Waals surface area contributed by atoms with Gasteiger partial charge in [0.25, 0.3) is 0 Å². The van der Waals surface area contributed by atoms with Gasteiger partial charge in [-0.3, -0.25) is 14.5 Å². The van der Waals surface area contributed by atoms with E-state index in [0.29, 0.717) is 32.0 Å². The Bertz CT molecular complexity index is 927. The van der Waals surface area contributed by atoms with Crippen molar-refractivity contribution in [3.63, 3.8) is 0 Å². The van der Waals surface area contributed by atoms with Gasteiger partial charge in [-0.1, -0.05) is 18.6 Å². The van der Waals surface area contributed by atoms with Crippen LogP contribution < -0.4 is 5.73 Å². The number of nitrogens with two attached hydrogens (primary N) is 1. The van der Waals surface area contributed by atoms with Crippen molar-refractivity contribution < 1.29 is 14.0 Å². The van der Waals surface area contributed by atoms with Crippen molar-refractivity contribution in [3.8, 4) is 6.07 Å². The van der Waals surface area contributed by atoms with E-state index in [0.717, 1.165) is 31.2 Å². The zero-order chi connectivity index (χ0) is 22.4. The van der Waals surface area contributed by atoms with Gasteiger partial charge in [-0.25, -0.2) is 4.39 Å². The summed E-state index contributed by atoms with van der Waals surface area (Å²) in [6.07, 6.45) is 5.61. The van der Waals surface area contributed by atoms with Gasteiger partial charge in [0, 0.05) is 25.7 Å². The van der Waals surface area contributed by atoms with E-state index in [9.17, 15) is 19.2 Å². The first-order chi connectivity index (χ1) is 15.5. The lowest BCUT2D eigenvalue weighted by Gasteiger charge is -2.45. The number of fused-ring (bicyclic) bond motifs is 2. The number of likely N-dealkylation sites (tertiary alicyclic amines) is 3. The summed E-state index contributed by atoms with van der Waals surface area (Å²) in [5.74, 6) is 0.0500. The molecule has 0 unspecified atom stereocenters. The molecular weight excluding hydrogens is 409 g/mol. The highest BCUT2D eigenvalue weighted by Gasteiger charge is 2.54. The molecule has 0 aromatic heterocycles. The van der Waals surface area contributed by atoms with Crippen LogP contribution in [0.15, 0.2) is 24.3 Å². The molecule has 4 aliphatic rings. The van der Waals surface area contributed by atoms with Crippen molar-refractivity contribution >= 4 is 11.8 Å². The second-order valence-corrected chi connectivity index (χ2v) is 9.72. The minimum Gasteiger partial charge on any atom is -0.330 e. The second-order valence-electron chi connectivity index (χ2n) is 9.72. The molecule has 3 saturated heterocycles. The van der Waals surface area contributed by atoms with E-state index in [1.807, 2.05) is 21.9 Å². The first kappa shape index (κ1) is 21.4. The van der Waals surface area contributed by atoms with Gasteiger partial charge < -0.3 is 15.5 Å². The molecule has 3 aliphatic heterocycles. The second kappa shape index (κ2) is 8.45. The molecule has 2 bridgehead atoms. The van der Waals surface area contributed by atoms with Gasteiger partial charge in [0.05, 0.1) is 24.2 Å². The van der Waals surface area contributed by atoms with Crippen molar-refractivity contribution in [2.75, 3.05) is 19.6 Å². The molecule has 0 radical (unpaired) electrons. The first-order valence-corrected chi connectivity index (χ1v) is 11.8. The van der Waals surface area contributed by atoms with Gasteiger partial charge >= 0.3 is 0 Å². The highest BCUT2D eigenvalue weighted by Crippen LogP contribution is 2.47. The summed E-state index contributed by atoms with van der Waals surface area (Å²) >= 11 is 0. The third kappa shape index (κ3) is 3.57. The molecule has 2 amide bonds. The van der Waals surface area contributed by atoms with Crippen LogP contribution in [0.2, 0.25) is 0 Å². The summed E-state index contributed by atoms with van der Waals surface area (Å²) in [4.78, 5) is 31.9. The van der Waals surface area contributed by atoms with Crippen LogP contribution in [0, 0.1) is 23.1 Å². The number of carbonyl (C=O) groups excluding carboxylic acids is 2. The number of halogens is 1. The van der Waals surface area contributed by atoms with E-state index < -0.39 is 6.04 Å². The standard InChI is InChI=1S/C24H30FN5O2/c25-17-8-6-16(7-9-17)22(15-3-1-4-15)30-19-11-21(24(30)32)28(13-19)14-20(27)23(31)29-10-2-5-18(29)12-26/h6-9,15,18-22H,1-5,10-11,13-14,27H2/t18-,19+,20-,21+,22-/m0/s1. The zero-order valence-electron chi connectivity index (χ0n) is 18.2. The number of hydrogen-bond donors (Lipinski definition) is 1. The molecular formula is C24H30FN5O2. The lowest BCUT2D eigenvalue weighted by molar-refractivity contribution is -0.143. The Kier molecular flexibility index (Phi) is 5.64. The van der Waals surface area contributed by atoms with Gasteiger partial charge in [-0.15, -0.1) is 0 Å². The van der Waals surface area contributed by atoms with Crippen LogP contribution in [0.25, 0.3) is 0 Å². The number of piperazine rings is 1. The van der Waals surface area contributed by atoms with E-state index in [4.69, 9.17) is 5.73 Å². The minimum atomic E-state index is -0.732. The average molecular weight is 440 g/mol. The number of nitriles is 1. The molecule has 32 heavy (non-hydrogen) atoms. The van der Waals surface area contributed by atoms with Gasteiger partial charge in [0.2, 0.25) is 11.8 Å². The molecule has 4 fully saturated rings. The molecule has 1 aromatic carbocycles. The highest BCUT2D eigenvalue weighted by atomic mass is 19.1. The Labute approximate surface area is 187 Å². The monoisotopic (exact) mass is 439 g/mol. The Morgan fingerprint density at radius 3 is 2.59 bits per heavy atom. The summed E-state index contributed by atoms with van der Waals surface area (Å²) in [5.41, 5.74) is 7.25. The summed E-state index contributed by atoms with van der Waals surface area (Å²) in [5, 5.41) is 9.27. The maximum atomic E-state index is 13.5. The van der Waals surface area contributed by atoms with Crippen molar-refractivity contribution in [2.24, 2.45) is 11.7 Å². The predicted molar refractivity (Wildman–Crippen MR) is 115 cm³/mol. The van der Waals surface area contributed by atoms with E-state index in [1.54, 1.807) is 4.90 Å². The fraction of sp³-hybridized carbons (Fsp3) is 0.625. The molecule has 8 heteroatoms. The van der Waals surface area contributed by atoms with Crippen LogP contribution in [0.1, 0.15) is 50.1 Å². The molecule has 5 rings (SSSR count). The quantitative estimate of drug-likeness (QED) is 0.730. The van der Waals surface area contributed by atoms with Gasteiger partial charge in [0.1, 0.15) is 11.9 Å². The van der Waals surface area contributed by atoms with Crippen LogP contribution in [-0.4, -0.2) is 70.3 Å². The third-order valence-electron chi connectivity index (χ3n) is 7.86. The third-order valence-corrected chi connectivity index (χ3v) is 7.86. The van der Waals surface area contributed by atoms with Gasteiger partial charge in [-0.05, 0) is 55.7 Å². The normalized spacial score (nSPS) is 29.8. The molecule has 1 aromatic rings. The molecule has 0 spiro atoms. The predicted octanol–water partition coefficient (Wildman–Crippen LogP) is 1.79. The van der Waals surface area contributed by atoms with Crippen LogP contribution in [0.4, 0.5) is 4.39 Å². The first-order valence-electron chi connectivity index (χ1n) is 11.8. The number of carbonyl (C=O) groups is 2.